The molecule has 0 aliphatic carbocycles. The van der Waals surface area contributed by atoms with Gasteiger partial charge in [-0.15, -0.1) is 0 Å². The van der Waals surface area contributed by atoms with Crippen molar-refractivity contribution in [2.24, 2.45) is 5.14 Å². The van der Waals surface area contributed by atoms with Crippen LogP contribution in [-0.2, 0) is 14.8 Å². The van der Waals surface area contributed by atoms with Crippen molar-refractivity contribution in [1.82, 2.24) is 4.90 Å². The molecule has 1 atom stereocenters. The lowest BCUT2D eigenvalue weighted by molar-refractivity contribution is 0.0275. The second-order valence-corrected chi connectivity index (χ2v) is 8.03. The Bertz CT molecular complexity index is 664. The zero-order chi connectivity index (χ0) is 17.3. The predicted molar refractivity (Wildman–Crippen MR) is 84.7 cm³/mol. The fraction of sp³-hybridized carbons (Fsp3) is 0.533. The number of amides is 1. The van der Waals surface area contributed by atoms with Gasteiger partial charge in [-0.1, -0.05) is 0 Å². The number of nitrogens with two attached hydrogens (primary N) is 1. The van der Waals surface area contributed by atoms with Crippen molar-refractivity contribution in [2.75, 3.05) is 13.1 Å². The minimum Gasteiger partial charge on any atom is -0.489 e. The quantitative estimate of drug-likeness (QED) is 0.902. The van der Waals surface area contributed by atoms with Crippen LogP contribution >= 0.6 is 0 Å². The Morgan fingerprint density at radius 1 is 1.26 bits per heavy atom. The van der Waals surface area contributed by atoms with Crippen molar-refractivity contribution < 1.29 is 22.7 Å². The largest absolute Gasteiger partial charge is 0.489 e. The molecule has 1 saturated heterocycles. The zero-order valence-corrected chi connectivity index (χ0v) is 14.3. The van der Waals surface area contributed by atoms with E-state index in [1.54, 1.807) is 17.0 Å². The van der Waals surface area contributed by atoms with Gasteiger partial charge in [0.15, 0.2) is 0 Å². The minimum atomic E-state index is -3.71. The lowest BCUT2D eigenvalue weighted by atomic mass is 10.2. The predicted octanol–water partition coefficient (Wildman–Crippen LogP) is 1.72. The molecular formula is C15H22N2O5S. The van der Waals surface area contributed by atoms with Crippen LogP contribution in [0.25, 0.3) is 0 Å². The number of ether oxygens (including phenoxy) is 2. The Hall–Kier alpha value is -1.80. The molecule has 1 unspecified atom stereocenters. The number of primary sulfonamides is 1. The van der Waals surface area contributed by atoms with Crippen molar-refractivity contribution in [2.45, 2.75) is 43.8 Å². The number of carbonyl (C=O) groups is 1. The standard InChI is InChI=1S/C15H22N2O5S/c1-15(2,3)22-14(18)17-9-8-12(10-17)21-11-4-6-13(7-5-11)23(16,19)20/h4-7,12H,8-10H2,1-3H3,(H2,16,19,20). The second-order valence-electron chi connectivity index (χ2n) is 6.47. The van der Waals surface area contributed by atoms with Gasteiger partial charge in [-0.2, -0.15) is 0 Å². The highest BCUT2D eigenvalue weighted by Gasteiger charge is 2.30. The number of rotatable bonds is 3. The van der Waals surface area contributed by atoms with Crippen LogP contribution in [0, 0.1) is 0 Å². The third kappa shape index (κ3) is 5.11. The van der Waals surface area contributed by atoms with Crippen LogP contribution in [0.1, 0.15) is 27.2 Å². The van der Waals surface area contributed by atoms with E-state index in [1.807, 2.05) is 20.8 Å². The summed E-state index contributed by atoms with van der Waals surface area (Å²) in [4.78, 5) is 13.6. The normalized spacial score (nSPS) is 18.8. The van der Waals surface area contributed by atoms with Gasteiger partial charge in [-0.3, -0.25) is 0 Å². The molecular weight excluding hydrogens is 320 g/mol. The summed E-state index contributed by atoms with van der Waals surface area (Å²) >= 11 is 0. The maximum Gasteiger partial charge on any atom is 0.410 e. The Labute approximate surface area is 136 Å². The molecule has 7 nitrogen and oxygen atoms in total. The summed E-state index contributed by atoms with van der Waals surface area (Å²) in [5, 5.41) is 5.05. The molecule has 1 aromatic carbocycles. The fourth-order valence-electron chi connectivity index (χ4n) is 2.22. The first kappa shape index (κ1) is 17.6. The first-order chi connectivity index (χ1) is 10.5. The van der Waals surface area contributed by atoms with E-state index in [4.69, 9.17) is 14.6 Å². The molecule has 1 fully saturated rings. The van der Waals surface area contributed by atoms with Crippen molar-refractivity contribution in [3.8, 4) is 5.75 Å². The van der Waals surface area contributed by atoms with Gasteiger partial charge in [-0.05, 0) is 45.0 Å². The molecule has 1 aliphatic heterocycles. The first-order valence-corrected chi connectivity index (χ1v) is 8.87. The number of hydrogen-bond acceptors (Lipinski definition) is 5. The van der Waals surface area contributed by atoms with E-state index in [1.165, 1.54) is 12.1 Å². The van der Waals surface area contributed by atoms with Gasteiger partial charge < -0.3 is 14.4 Å². The van der Waals surface area contributed by atoms with E-state index in [-0.39, 0.29) is 17.1 Å². The summed E-state index contributed by atoms with van der Waals surface area (Å²) in [5.74, 6) is 0.536. The lowest BCUT2D eigenvalue weighted by Gasteiger charge is -2.24. The summed E-state index contributed by atoms with van der Waals surface area (Å²) < 4.78 is 33.5. The van der Waals surface area contributed by atoms with E-state index in [0.29, 0.717) is 25.3 Å². The van der Waals surface area contributed by atoms with Gasteiger partial charge >= 0.3 is 6.09 Å². The molecule has 128 valence electrons. The topological polar surface area (TPSA) is 98.9 Å². The number of likely N-dealkylation sites (tertiary alicyclic amines) is 1. The summed E-state index contributed by atoms with van der Waals surface area (Å²) in [6.07, 6.45) is 0.187. The van der Waals surface area contributed by atoms with Gasteiger partial charge in [0.05, 0.1) is 11.4 Å². The zero-order valence-electron chi connectivity index (χ0n) is 13.5. The molecule has 23 heavy (non-hydrogen) atoms. The molecule has 0 spiro atoms. The number of benzene rings is 1. The second kappa shape index (κ2) is 6.37. The van der Waals surface area contributed by atoms with Crippen molar-refractivity contribution in [1.29, 1.82) is 0 Å². The van der Waals surface area contributed by atoms with Crippen LogP contribution in [0.2, 0.25) is 0 Å². The van der Waals surface area contributed by atoms with E-state index in [9.17, 15) is 13.2 Å². The van der Waals surface area contributed by atoms with Gasteiger partial charge in [0, 0.05) is 13.0 Å². The highest BCUT2D eigenvalue weighted by molar-refractivity contribution is 7.89. The molecule has 0 radical (unpaired) electrons. The van der Waals surface area contributed by atoms with Crippen LogP contribution in [0.15, 0.2) is 29.2 Å². The van der Waals surface area contributed by atoms with Crippen molar-refractivity contribution in [3.05, 3.63) is 24.3 Å². The molecule has 2 N–H and O–H groups in total. The Morgan fingerprint density at radius 2 is 1.87 bits per heavy atom. The fourth-order valence-corrected chi connectivity index (χ4v) is 2.73. The van der Waals surface area contributed by atoms with Crippen LogP contribution in [-0.4, -0.2) is 44.2 Å². The molecule has 0 bridgehead atoms. The Balaban J connectivity index is 1.92. The molecule has 2 rings (SSSR count). The molecule has 1 aliphatic rings. The number of carbonyl (C=O) groups excluding carboxylic acids is 1. The molecule has 1 amide bonds. The van der Waals surface area contributed by atoms with Gasteiger partial charge in [0.2, 0.25) is 10.0 Å². The van der Waals surface area contributed by atoms with E-state index >= 15 is 0 Å². The number of hydrogen-bond donors (Lipinski definition) is 1. The molecule has 8 heteroatoms. The summed E-state index contributed by atoms with van der Waals surface area (Å²) in [6, 6.07) is 5.89. The van der Waals surface area contributed by atoms with Crippen LogP contribution in [0.5, 0.6) is 5.75 Å². The van der Waals surface area contributed by atoms with Gasteiger partial charge in [0.25, 0.3) is 0 Å². The van der Waals surface area contributed by atoms with Crippen molar-refractivity contribution in [3.63, 3.8) is 0 Å². The molecule has 1 aromatic rings. The SMILES string of the molecule is CC(C)(C)OC(=O)N1CCC(Oc2ccc(S(N)(=O)=O)cc2)C1. The minimum absolute atomic E-state index is 0.0339. The third-order valence-electron chi connectivity index (χ3n) is 3.25. The average molecular weight is 342 g/mol. The molecule has 0 aromatic heterocycles. The summed E-state index contributed by atoms with van der Waals surface area (Å²) in [6.45, 7) is 6.46. The lowest BCUT2D eigenvalue weighted by Crippen LogP contribution is -2.36. The van der Waals surface area contributed by atoms with Crippen molar-refractivity contribution >= 4 is 16.1 Å². The van der Waals surface area contributed by atoms with E-state index in [0.717, 1.165) is 0 Å². The average Bonchev–Trinajstić information content (AvgIpc) is 2.85. The Kier molecular flexibility index (Phi) is 4.86. The monoisotopic (exact) mass is 342 g/mol. The molecule has 0 saturated carbocycles. The third-order valence-corrected chi connectivity index (χ3v) is 4.18. The van der Waals surface area contributed by atoms with Gasteiger partial charge in [0.1, 0.15) is 17.5 Å². The van der Waals surface area contributed by atoms with Crippen LogP contribution in [0.4, 0.5) is 4.79 Å². The summed E-state index contributed by atoms with van der Waals surface area (Å²) in [7, 11) is -3.71. The first-order valence-electron chi connectivity index (χ1n) is 7.32. The smallest absolute Gasteiger partial charge is 0.410 e. The van der Waals surface area contributed by atoms with E-state index < -0.39 is 15.6 Å². The molecule has 1 heterocycles. The highest BCUT2D eigenvalue weighted by atomic mass is 32.2. The Morgan fingerprint density at radius 3 is 2.39 bits per heavy atom. The van der Waals surface area contributed by atoms with E-state index in [2.05, 4.69) is 0 Å². The maximum atomic E-state index is 12.0. The number of nitrogens with zero attached hydrogens (tertiary/aromatic N) is 1. The van der Waals surface area contributed by atoms with Crippen LogP contribution in [0.3, 0.4) is 0 Å². The van der Waals surface area contributed by atoms with Gasteiger partial charge in [-0.25, -0.2) is 18.4 Å². The highest BCUT2D eigenvalue weighted by Crippen LogP contribution is 2.21. The maximum absolute atomic E-state index is 12.0. The summed E-state index contributed by atoms with van der Waals surface area (Å²) in [5.41, 5.74) is -0.528. The number of sulfonamides is 1. The van der Waals surface area contributed by atoms with Crippen LogP contribution < -0.4 is 9.88 Å².